The molecule has 0 rings (SSSR count). The van der Waals surface area contributed by atoms with Gasteiger partial charge >= 0.3 is 0 Å². The third-order valence-electron chi connectivity index (χ3n) is 1.40. The lowest BCUT2D eigenvalue weighted by molar-refractivity contribution is -0.0856. The number of aliphatic hydroxyl groups is 2. The summed E-state index contributed by atoms with van der Waals surface area (Å²) in [6.07, 6.45) is 1.55. The lowest BCUT2D eigenvalue weighted by Crippen LogP contribution is -2.15. The average molecular weight is 207 g/mol. The molecule has 0 aromatic heterocycles. The summed E-state index contributed by atoms with van der Waals surface area (Å²) in [5.74, 6) is 0. The van der Waals surface area contributed by atoms with Gasteiger partial charge in [-0.25, -0.2) is 0 Å². The van der Waals surface area contributed by atoms with E-state index < -0.39 is 6.29 Å². The number of hydrogen-bond acceptors (Lipinski definition) is 4. The van der Waals surface area contributed by atoms with Crippen molar-refractivity contribution in [3.05, 3.63) is 0 Å². The van der Waals surface area contributed by atoms with E-state index in [1.165, 1.54) is 0 Å². The molecule has 0 aliphatic heterocycles. The van der Waals surface area contributed by atoms with Crippen LogP contribution in [0, 0.1) is 0 Å². The van der Waals surface area contributed by atoms with E-state index >= 15 is 0 Å². The minimum Gasteiger partial charge on any atom is -0.395 e. The van der Waals surface area contributed by atoms with E-state index in [1.807, 2.05) is 19.0 Å². The fourth-order valence-electron chi connectivity index (χ4n) is 0.598. The highest BCUT2D eigenvalue weighted by Gasteiger charge is 1.90. The predicted molar refractivity (Wildman–Crippen MR) is 58.2 cm³/mol. The molecular formula is C10H25NO3. The van der Waals surface area contributed by atoms with Gasteiger partial charge in [0.1, 0.15) is 0 Å². The quantitative estimate of drug-likeness (QED) is 0.497. The molecule has 0 aromatic carbocycles. The second kappa shape index (κ2) is 12.8. The summed E-state index contributed by atoms with van der Waals surface area (Å²) in [5.41, 5.74) is 0. The van der Waals surface area contributed by atoms with Gasteiger partial charge in [-0.05, 0) is 27.4 Å². The number of likely N-dealkylation sites (N-methyl/N-ethyl adjacent to an activating group) is 1. The number of aliphatic hydroxyl groups excluding tert-OH is 2. The van der Waals surface area contributed by atoms with Crippen molar-refractivity contribution in [1.82, 2.24) is 4.90 Å². The Morgan fingerprint density at radius 2 is 1.93 bits per heavy atom. The number of nitrogens with zero attached hydrogens (tertiary/aromatic N) is 1. The topological polar surface area (TPSA) is 52.9 Å². The molecule has 0 radical (unpaired) electrons. The average Bonchev–Trinajstić information content (AvgIpc) is 2.05. The Bertz CT molecular complexity index is 97.4. The summed E-state index contributed by atoms with van der Waals surface area (Å²) in [7, 11) is 3.85. The molecule has 1 unspecified atom stereocenters. The van der Waals surface area contributed by atoms with Gasteiger partial charge < -0.3 is 19.8 Å². The molecule has 0 saturated heterocycles. The summed E-state index contributed by atoms with van der Waals surface area (Å²) in [4.78, 5) is 1.93. The van der Waals surface area contributed by atoms with E-state index in [0.29, 0.717) is 6.61 Å². The maximum Gasteiger partial charge on any atom is 0.151 e. The van der Waals surface area contributed by atoms with Crippen molar-refractivity contribution >= 4 is 0 Å². The van der Waals surface area contributed by atoms with Crippen LogP contribution in [0.2, 0.25) is 0 Å². The van der Waals surface area contributed by atoms with Crippen molar-refractivity contribution in [2.75, 3.05) is 33.9 Å². The first-order chi connectivity index (χ1) is 6.54. The molecule has 1 atom stereocenters. The van der Waals surface area contributed by atoms with Crippen molar-refractivity contribution in [3.8, 4) is 0 Å². The SMILES string of the molecule is CCCCOC(C)O.CN(C)CCO. The maximum atomic E-state index is 8.56. The Balaban J connectivity index is 0. The van der Waals surface area contributed by atoms with E-state index in [-0.39, 0.29) is 6.61 Å². The summed E-state index contributed by atoms with van der Waals surface area (Å²) in [6.45, 7) is 5.40. The van der Waals surface area contributed by atoms with E-state index in [1.54, 1.807) is 6.92 Å². The molecule has 0 spiro atoms. The Kier molecular flexibility index (Phi) is 14.9. The Morgan fingerprint density at radius 1 is 1.36 bits per heavy atom. The zero-order valence-electron chi connectivity index (χ0n) is 9.86. The van der Waals surface area contributed by atoms with Crippen molar-refractivity contribution in [3.63, 3.8) is 0 Å². The first kappa shape index (κ1) is 16.3. The molecule has 2 N–H and O–H groups in total. The third-order valence-corrected chi connectivity index (χ3v) is 1.40. The van der Waals surface area contributed by atoms with Crippen molar-refractivity contribution in [2.24, 2.45) is 0 Å². The standard InChI is InChI=1S/C6H14O2.C4H11NO/c1-3-4-5-8-6(2)7;1-5(2)3-4-6/h6-7H,3-5H2,1-2H3;6H,3-4H2,1-2H3. The van der Waals surface area contributed by atoms with Crippen LogP contribution in [0.3, 0.4) is 0 Å². The molecule has 0 aliphatic carbocycles. The number of ether oxygens (including phenoxy) is 1. The van der Waals surface area contributed by atoms with Crippen LogP contribution in [0.25, 0.3) is 0 Å². The Hall–Kier alpha value is -0.160. The van der Waals surface area contributed by atoms with Gasteiger partial charge in [0.2, 0.25) is 0 Å². The molecule has 0 aromatic rings. The fraction of sp³-hybridized carbons (Fsp3) is 1.00. The molecule has 0 heterocycles. The fourth-order valence-corrected chi connectivity index (χ4v) is 0.598. The summed E-state index contributed by atoms with van der Waals surface area (Å²) in [6, 6.07) is 0. The van der Waals surface area contributed by atoms with Crippen LogP contribution in [0.1, 0.15) is 26.7 Å². The zero-order chi connectivity index (χ0) is 11.4. The van der Waals surface area contributed by atoms with Crippen molar-refractivity contribution in [2.45, 2.75) is 33.0 Å². The smallest absolute Gasteiger partial charge is 0.151 e. The van der Waals surface area contributed by atoms with Crippen molar-refractivity contribution < 1.29 is 14.9 Å². The van der Waals surface area contributed by atoms with Crippen LogP contribution in [0.4, 0.5) is 0 Å². The molecule has 0 saturated carbocycles. The minimum absolute atomic E-state index is 0.257. The molecule has 4 heteroatoms. The first-order valence-corrected chi connectivity index (χ1v) is 5.09. The lowest BCUT2D eigenvalue weighted by atomic mass is 10.4. The summed E-state index contributed by atoms with van der Waals surface area (Å²) >= 11 is 0. The van der Waals surface area contributed by atoms with Crippen LogP contribution in [0.5, 0.6) is 0 Å². The third kappa shape index (κ3) is 22.6. The minimum atomic E-state index is -0.596. The largest absolute Gasteiger partial charge is 0.395 e. The highest BCUT2D eigenvalue weighted by atomic mass is 16.6. The molecular weight excluding hydrogens is 182 g/mol. The Morgan fingerprint density at radius 3 is 2.14 bits per heavy atom. The molecule has 4 nitrogen and oxygen atoms in total. The van der Waals surface area contributed by atoms with E-state index in [2.05, 4.69) is 6.92 Å². The van der Waals surface area contributed by atoms with Gasteiger partial charge in [0.05, 0.1) is 6.61 Å². The van der Waals surface area contributed by atoms with Crippen LogP contribution in [0.15, 0.2) is 0 Å². The van der Waals surface area contributed by atoms with E-state index in [4.69, 9.17) is 14.9 Å². The molecule has 0 aliphatic rings. The monoisotopic (exact) mass is 207 g/mol. The van der Waals surface area contributed by atoms with Gasteiger partial charge in [0.15, 0.2) is 6.29 Å². The van der Waals surface area contributed by atoms with Gasteiger partial charge in [-0.3, -0.25) is 0 Å². The second-order valence-electron chi connectivity index (χ2n) is 3.35. The van der Waals surface area contributed by atoms with Crippen LogP contribution in [-0.4, -0.2) is 55.3 Å². The normalized spacial score (nSPS) is 12.2. The number of unbranched alkanes of at least 4 members (excludes halogenated alkanes) is 1. The van der Waals surface area contributed by atoms with E-state index in [0.717, 1.165) is 19.4 Å². The van der Waals surface area contributed by atoms with Gasteiger partial charge in [-0.2, -0.15) is 0 Å². The maximum absolute atomic E-state index is 8.56. The first-order valence-electron chi connectivity index (χ1n) is 5.09. The molecule has 0 bridgehead atoms. The molecule has 0 amide bonds. The lowest BCUT2D eigenvalue weighted by Gasteiger charge is -2.03. The van der Waals surface area contributed by atoms with Crippen LogP contribution >= 0.6 is 0 Å². The van der Waals surface area contributed by atoms with Crippen molar-refractivity contribution in [1.29, 1.82) is 0 Å². The van der Waals surface area contributed by atoms with Crippen LogP contribution < -0.4 is 0 Å². The van der Waals surface area contributed by atoms with Gasteiger partial charge in [0, 0.05) is 13.2 Å². The van der Waals surface area contributed by atoms with Crippen LogP contribution in [-0.2, 0) is 4.74 Å². The highest BCUT2D eigenvalue weighted by molar-refractivity contribution is 4.34. The van der Waals surface area contributed by atoms with Gasteiger partial charge in [-0.15, -0.1) is 0 Å². The predicted octanol–water partition coefficient (Wildman–Crippen LogP) is 0.682. The van der Waals surface area contributed by atoms with E-state index in [9.17, 15) is 0 Å². The summed E-state index contributed by atoms with van der Waals surface area (Å²) in [5, 5.41) is 16.8. The van der Waals surface area contributed by atoms with Gasteiger partial charge in [0.25, 0.3) is 0 Å². The second-order valence-corrected chi connectivity index (χ2v) is 3.35. The number of rotatable bonds is 6. The molecule has 88 valence electrons. The number of hydrogen-bond donors (Lipinski definition) is 2. The van der Waals surface area contributed by atoms with Gasteiger partial charge in [-0.1, -0.05) is 13.3 Å². The molecule has 0 fully saturated rings. The Labute approximate surface area is 87.5 Å². The zero-order valence-corrected chi connectivity index (χ0v) is 9.86. The highest BCUT2D eigenvalue weighted by Crippen LogP contribution is 1.90. The summed E-state index contributed by atoms with van der Waals surface area (Å²) < 4.78 is 4.84. The molecule has 14 heavy (non-hydrogen) atoms.